The van der Waals surface area contributed by atoms with E-state index in [9.17, 15) is 18.8 Å². The lowest BCUT2D eigenvalue weighted by Crippen LogP contribution is -2.45. The molecule has 1 amide bonds. The molecular formula is C23H28FN3O4. The molecule has 2 N–H and O–H groups in total. The molecule has 7 nitrogen and oxygen atoms in total. The van der Waals surface area contributed by atoms with Gasteiger partial charge in [0.2, 0.25) is 5.91 Å². The maximum atomic E-state index is 13.4. The fraction of sp³-hybridized carbons (Fsp3) is 0.435. The first-order valence-electron chi connectivity index (χ1n) is 10.4. The summed E-state index contributed by atoms with van der Waals surface area (Å²) >= 11 is 0. The number of benzene rings is 1. The molecule has 1 aromatic heterocycles. The minimum atomic E-state index is -0.974. The number of halogens is 1. The number of nitrogens with zero attached hydrogens (tertiary/aromatic N) is 2. The van der Waals surface area contributed by atoms with E-state index in [-0.39, 0.29) is 37.1 Å². The first-order valence-corrected chi connectivity index (χ1v) is 10.4. The van der Waals surface area contributed by atoms with Crippen molar-refractivity contribution in [1.82, 2.24) is 9.47 Å². The summed E-state index contributed by atoms with van der Waals surface area (Å²) in [7, 11) is 0. The fourth-order valence-corrected chi connectivity index (χ4v) is 3.70. The van der Waals surface area contributed by atoms with Gasteiger partial charge in [0.05, 0.1) is 19.2 Å². The van der Waals surface area contributed by atoms with E-state index >= 15 is 0 Å². The molecule has 0 saturated carbocycles. The molecule has 3 rings (SSSR count). The van der Waals surface area contributed by atoms with Crippen LogP contribution in [0.2, 0.25) is 0 Å². The Kier molecular flexibility index (Phi) is 7.22. The highest BCUT2D eigenvalue weighted by molar-refractivity contribution is 5.83. The van der Waals surface area contributed by atoms with Gasteiger partial charge in [-0.1, -0.05) is 31.2 Å². The summed E-state index contributed by atoms with van der Waals surface area (Å²) in [5, 5.41) is 0. The normalized spacial score (nSPS) is 17.9. The Hall–Kier alpha value is -3.00. The molecule has 8 heteroatoms. The van der Waals surface area contributed by atoms with E-state index < -0.39 is 18.2 Å². The highest BCUT2D eigenvalue weighted by atomic mass is 19.1. The minimum absolute atomic E-state index is 0.111. The minimum Gasteiger partial charge on any atom is -0.465 e. The third-order valence-electron chi connectivity index (χ3n) is 5.62. The van der Waals surface area contributed by atoms with Crippen LogP contribution in [0.5, 0.6) is 0 Å². The van der Waals surface area contributed by atoms with Crippen LogP contribution in [-0.2, 0) is 20.9 Å². The topological polar surface area (TPSA) is 94.6 Å². The predicted molar refractivity (Wildman–Crippen MR) is 115 cm³/mol. The average molecular weight is 429 g/mol. The van der Waals surface area contributed by atoms with Crippen molar-refractivity contribution in [2.45, 2.75) is 44.9 Å². The number of alkyl halides is 1. The van der Waals surface area contributed by atoms with Gasteiger partial charge in [0, 0.05) is 24.7 Å². The number of rotatable bonds is 7. The number of hydrogen-bond acceptors (Lipinski definition) is 5. The lowest BCUT2D eigenvalue weighted by Gasteiger charge is -2.25. The number of hydrogen-bond donors (Lipinski definition) is 1. The van der Waals surface area contributed by atoms with Gasteiger partial charge in [-0.2, -0.15) is 0 Å². The quantitative estimate of drug-likeness (QED) is 0.680. The number of nitrogens with two attached hydrogens (primary N) is 1. The first kappa shape index (κ1) is 22.7. The van der Waals surface area contributed by atoms with Crippen LogP contribution in [0.4, 0.5) is 4.39 Å². The molecule has 1 saturated heterocycles. The number of aromatic nitrogens is 1. The van der Waals surface area contributed by atoms with Crippen LogP contribution >= 0.6 is 0 Å². The van der Waals surface area contributed by atoms with E-state index in [0.29, 0.717) is 13.0 Å². The van der Waals surface area contributed by atoms with Gasteiger partial charge in [0.1, 0.15) is 12.7 Å². The van der Waals surface area contributed by atoms with E-state index in [1.54, 1.807) is 19.2 Å². The molecule has 0 bridgehead atoms. The average Bonchev–Trinajstić information content (AvgIpc) is 3.20. The van der Waals surface area contributed by atoms with Gasteiger partial charge in [-0.05, 0) is 36.1 Å². The molecule has 166 valence electrons. The molecule has 0 radical (unpaired) electrons. The number of esters is 1. The summed E-state index contributed by atoms with van der Waals surface area (Å²) in [6.45, 7) is 4.20. The van der Waals surface area contributed by atoms with Gasteiger partial charge in [-0.3, -0.25) is 14.4 Å². The fourth-order valence-electron chi connectivity index (χ4n) is 3.70. The molecule has 1 aliphatic heterocycles. The SMILES string of the molecule is CCOC(=O)Cn1cc(-c2ccc([C@H](C)[C@H](N)C(=O)N3CC[C@H](F)C3)cc2)ccc1=O. The third-order valence-corrected chi connectivity index (χ3v) is 5.62. The van der Waals surface area contributed by atoms with Crippen molar-refractivity contribution in [1.29, 1.82) is 0 Å². The van der Waals surface area contributed by atoms with E-state index in [1.807, 2.05) is 31.2 Å². The van der Waals surface area contributed by atoms with Crippen molar-refractivity contribution in [3.8, 4) is 11.1 Å². The maximum Gasteiger partial charge on any atom is 0.326 e. The van der Waals surface area contributed by atoms with Crippen LogP contribution in [0.3, 0.4) is 0 Å². The summed E-state index contributed by atoms with van der Waals surface area (Å²) in [6.07, 6.45) is 1.01. The Balaban J connectivity index is 1.73. The number of amides is 1. The van der Waals surface area contributed by atoms with E-state index in [0.717, 1.165) is 16.7 Å². The molecule has 1 aromatic carbocycles. The molecule has 1 fully saturated rings. The molecular weight excluding hydrogens is 401 g/mol. The molecule has 1 aliphatic rings. The van der Waals surface area contributed by atoms with Crippen molar-refractivity contribution in [3.63, 3.8) is 0 Å². The third kappa shape index (κ3) is 5.38. The largest absolute Gasteiger partial charge is 0.465 e. The zero-order chi connectivity index (χ0) is 22.5. The standard InChI is InChI=1S/C23H28FN3O4/c1-3-31-21(29)14-27-12-18(8-9-20(27)28)17-6-4-16(5-7-17)15(2)22(25)23(30)26-11-10-19(24)13-26/h4-9,12,15,19,22H,3,10-11,13-14,25H2,1-2H3/t15-,19-,22-/m0/s1. The Morgan fingerprint density at radius 1 is 1.19 bits per heavy atom. The molecule has 2 aromatic rings. The van der Waals surface area contributed by atoms with Crippen LogP contribution in [0.15, 0.2) is 47.4 Å². The summed E-state index contributed by atoms with van der Waals surface area (Å²) in [5.41, 5.74) is 8.41. The zero-order valence-corrected chi connectivity index (χ0v) is 17.8. The lowest BCUT2D eigenvalue weighted by molar-refractivity contribution is -0.143. The van der Waals surface area contributed by atoms with Crippen LogP contribution in [-0.4, -0.2) is 53.3 Å². The highest BCUT2D eigenvalue weighted by Gasteiger charge is 2.32. The predicted octanol–water partition coefficient (Wildman–Crippen LogP) is 2.08. The highest BCUT2D eigenvalue weighted by Crippen LogP contribution is 2.25. The first-order chi connectivity index (χ1) is 14.8. The van der Waals surface area contributed by atoms with Gasteiger partial charge in [0.15, 0.2) is 0 Å². The van der Waals surface area contributed by atoms with Gasteiger partial charge in [-0.15, -0.1) is 0 Å². The van der Waals surface area contributed by atoms with Crippen molar-refractivity contribution >= 4 is 11.9 Å². The molecule has 2 heterocycles. The number of carbonyl (C=O) groups excluding carboxylic acids is 2. The molecule has 0 unspecified atom stereocenters. The number of pyridine rings is 1. The summed E-state index contributed by atoms with van der Waals surface area (Å²) in [6, 6.07) is 9.89. The maximum absolute atomic E-state index is 13.4. The van der Waals surface area contributed by atoms with Gasteiger partial charge >= 0.3 is 5.97 Å². The van der Waals surface area contributed by atoms with Crippen molar-refractivity contribution in [2.75, 3.05) is 19.7 Å². The lowest BCUT2D eigenvalue weighted by atomic mass is 9.91. The Labute approximate surface area is 180 Å². The zero-order valence-electron chi connectivity index (χ0n) is 17.8. The molecule has 0 aliphatic carbocycles. The van der Waals surface area contributed by atoms with Crippen molar-refractivity contribution in [3.05, 3.63) is 58.5 Å². The van der Waals surface area contributed by atoms with E-state index in [2.05, 4.69) is 0 Å². The molecule has 3 atom stereocenters. The second-order valence-electron chi connectivity index (χ2n) is 7.80. The second kappa shape index (κ2) is 9.87. The molecule has 31 heavy (non-hydrogen) atoms. The van der Waals surface area contributed by atoms with Crippen LogP contribution in [0.25, 0.3) is 11.1 Å². The Morgan fingerprint density at radius 2 is 1.87 bits per heavy atom. The van der Waals surface area contributed by atoms with Crippen molar-refractivity contribution < 1.29 is 18.7 Å². The summed E-state index contributed by atoms with van der Waals surface area (Å²) in [5.74, 6) is -0.942. The van der Waals surface area contributed by atoms with E-state index in [4.69, 9.17) is 10.5 Å². The van der Waals surface area contributed by atoms with Crippen molar-refractivity contribution in [2.24, 2.45) is 5.73 Å². The summed E-state index contributed by atoms with van der Waals surface area (Å²) < 4.78 is 19.6. The summed E-state index contributed by atoms with van der Waals surface area (Å²) in [4.78, 5) is 37.8. The number of likely N-dealkylation sites (tertiary alicyclic amines) is 1. The van der Waals surface area contributed by atoms with Crippen LogP contribution in [0.1, 0.15) is 31.7 Å². The number of ether oxygens (including phenoxy) is 1. The van der Waals surface area contributed by atoms with Gasteiger partial charge in [-0.25, -0.2) is 4.39 Å². The monoisotopic (exact) mass is 429 g/mol. The van der Waals surface area contributed by atoms with Gasteiger partial charge in [0.25, 0.3) is 5.56 Å². The smallest absolute Gasteiger partial charge is 0.326 e. The van der Waals surface area contributed by atoms with Crippen LogP contribution < -0.4 is 11.3 Å². The number of carbonyl (C=O) groups is 2. The Morgan fingerprint density at radius 3 is 2.48 bits per heavy atom. The van der Waals surface area contributed by atoms with E-state index in [1.165, 1.54) is 15.5 Å². The Bertz CT molecular complexity index is 989. The molecule has 0 spiro atoms. The second-order valence-corrected chi connectivity index (χ2v) is 7.80. The van der Waals surface area contributed by atoms with Crippen LogP contribution in [0, 0.1) is 0 Å². The van der Waals surface area contributed by atoms with Gasteiger partial charge < -0.3 is 19.9 Å².